The van der Waals surface area contributed by atoms with Crippen molar-refractivity contribution in [2.75, 3.05) is 0 Å². The molecule has 0 spiro atoms. The third-order valence-corrected chi connectivity index (χ3v) is 3.21. The van der Waals surface area contributed by atoms with Crippen molar-refractivity contribution in [3.05, 3.63) is 70.3 Å². The van der Waals surface area contributed by atoms with Crippen LogP contribution in [0.5, 0.6) is 0 Å². The standard InChI is InChI=1S/C15H12F5N/c1-8-6-10(13(17)7-12(8)16)14(21)9-4-2-3-5-11(9)15(18,19)20/h2-7,14H,21H2,1H3. The molecule has 2 aromatic rings. The second-order valence-electron chi connectivity index (χ2n) is 4.69. The second kappa shape index (κ2) is 5.44. The highest BCUT2D eigenvalue weighted by molar-refractivity contribution is 5.40. The van der Waals surface area contributed by atoms with Crippen LogP contribution in [0, 0.1) is 18.6 Å². The van der Waals surface area contributed by atoms with Gasteiger partial charge < -0.3 is 5.73 Å². The summed E-state index contributed by atoms with van der Waals surface area (Å²) in [6, 6.07) is 5.10. The molecule has 2 aromatic carbocycles. The monoisotopic (exact) mass is 301 g/mol. The van der Waals surface area contributed by atoms with Crippen LogP contribution in [0.25, 0.3) is 0 Å². The summed E-state index contributed by atoms with van der Waals surface area (Å²) >= 11 is 0. The van der Waals surface area contributed by atoms with E-state index in [0.29, 0.717) is 6.07 Å². The molecule has 0 saturated carbocycles. The molecule has 21 heavy (non-hydrogen) atoms. The maximum absolute atomic E-state index is 13.8. The summed E-state index contributed by atoms with van der Waals surface area (Å²) in [4.78, 5) is 0. The molecule has 2 N–H and O–H groups in total. The van der Waals surface area contributed by atoms with Crippen LogP contribution >= 0.6 is 0 Å². The van der Waals surface area contributed by atoms with Gasteiger partial charge in [-0.25, -0.2) is 8.78 Å². The summed E-state index contributed by atoms with van der Waals surface area (Å²) in [6.07, 6.45) is -4.60. The number of hydrogen-bond donors (Lipinski definition) is 1. The molecule has 0 amide bonds. The van der Waals surface area contributed by atoms with E-state index in [-0.39, 0.29) is 16.7 Å². The molecule has 0 saturated heterocycles. The Morgan fingerprint density at radius 3 is 2.19 bits per heavy atom. The van der Waals surface area contributed by atoms with Crippen LogP contribution < -0.4 is 5.73 Å². The van der Waals surface area contributed by atoms with Crippen LogP contribution in [0.2, 0.25) is 0 Å². The zero-order valence-electron chi connectivity index (χ0n) is 11.0. The summed E-state index contributed by atoms with van der Waals surface area (Å²) < 4.78 is 65.9. The van der Waals surface area contributed by atoms with Gasteiger partial charge in [0.15, 0.2) is 0 Å². The van der Waals surface area contributed by atoms with Gasteiger partial charge in [0.2, 0.25) is 0 Å². The largest absolute Gasteiger partial charge is 0.416 e. The molecule has 2 rings (SSSR count). The fourth-order valence-electron chi connectivity index (χ4n) is 2.11. The second-order valence-corrected chi connectivity index (χ2v) is 4.69. The third-order valence-electron chi connectivity index (χ3n) is 3.21. The summed E-state index contributed by atoms with van der Waals surface area (Å²) in [5.74, 6) is -1.74. The number of halogens is 5. The fourth-order valence-corrected chi connectivity index (χ4v) is 2.11. The molecule has 0 heterocycles. The maximum atomic E-state index is 13.8. The number of alkyl halides is 3. The summed E-state index contributed by atoms with van der Waals surface area (Å²) in [7, 11) is 0. The SMILES string of the molecule is Cc1cc(C(N)c2ccccc2C(F)(F)F)c(F)cc1F. The molecule has 0 aromatic heterocycles. The predicted molar refractivity (Wildman–Crippen MR) is 68.6 cm³/mol. The lowest BCUT2D eigenvalue weighted by Crippen LogP contribution is -2.19. The van der Waals surface area contributed by atoms with E-state index in [1.807, 2.05) is 0 Å². The number of nitrogens with two attached hydrogens (primary N) is 1. The molecule has 0 aliphatic heterocycles. The first kappa shape index (κ1) is 15.4. The minimum absolute atomic E-state index is 0.117. The molecule has 1 nitrogen and oxygen atoms in total. The first-order valence-electron chi connectivity index (χ1n) is 6.09. The highest BCUT2D eigenvalue weighted by Gasteiger charge is 2.35. The Kier molecular flexibility index (Phi) is 4.00. The molecule has 0 bridgehead atoms. The fraction of sp³-hybridized carbons (Fsp3) is 0.200. The van der Waals surface area contributed by atoms with E-state index < -0.39 is 29.4 Å². The minimum atomic E-state index is -4.60. The van der Waals surface area contributed by atoms with Crippen molar-refractivity contribution < 1.29 is 22.0 Å². The van der Waals surface area contributed by atoms with Gasteiger partial charge >= 0.3 is 6.18 Å². The van der Waals surface area contributed by atoms with Crippen LogP contribution in [0.15, 0.2) is 36.4 Å². The molecular weight excluding hydrogens is 289 g/mol. The van der Waals surface area contributed by atoms with Crippen LogP contribution in [-0.4, -0.2) is 0 Å². The highest BCUT2D eigenvalue weighted by atomic mass is 19.4. The van der Waals surface area contributed by atoms with Crippen molar-refractivity contribution >= 4 is 0 Å². The van der Waals surface area contributed by atoms with Crippen LogP contribution in [0.1, 0.15) is 28.3 Å². The van der Waals surface area contributed by atoms with Gasteiger partial charge in [0.25, 0.3) is 0 Å². The lowest BCUT2D eigenvalue weighted by Gasteiger charge is -2.19. The van der Waals surface area contributed by atoms with Crippen molar-refractivity contribution in [1.29, 1.82) is 0 Å². The van der Waals surface area contributed by atoms with Gasteiger partial charge in [-0.15, -0.1) is 0 Å². The zero-order valence-corrected chi connectivity index (χ0v) is 11.0. The van der Waals surface area contributed by atoms with E-state index in [1.54, 1.807) is 0 Å². The average molecular weight is 301 g/mol. The zero-order chi connectivity index (χ0) is 15.8. The van der Waals surface area contributed by atoms with Gasteiger partial charge in [-0.2, -0.15) is 13.2 Å². The van der Waals surface area contributed by atoms with Crippen LogP contribution in [0.3, 0.4) is 0 Å². The van der Waals surface area contributed by atoms with Crippen LogP contribution in [-0.2, 0) is 6.18 Å². The Balaban J connectivity index is 2.56. The molecule has 112 valence electrons. The molecule has 0 fully saturated rings. The van der Waals surface area contributed by atoms with Gasteiger partial charge in [-0.1, -0.05) is 18.2 Å². The van der Waals surface area contributed by atoms with Crippen molar-refractivity contribution in [2.24, 2.45) is 5.73 Å². The topological polar surface area (TPSA) is 26.0 Å². The summed E-state index contributed by atoms with van der Waals surface area (Å²) in [6.45, 7) is 1.39. The third kappa shape index (κ3) is 3.05. The minimum Gasteiger partial charge on any atom is -0.320 e. The van der Waals surface area contributed by atoms with Gasteiger partial charge in [0, 0.05) is 11.6 Å². The Labute approximate surface area is 118 Å². The van der Waals surface area contributed by atoms with E-state index in [1.165, 1.54) is 25.1 Å². The number of aryl methyl sites for hydroxylation is 1. The van der Waals surface area contributed by atoms with Crippen molar-refractivity contribution in [3.8, 4) is 0 Å². The molecule has 0 aliphatic carbocycles. The Hall–Kier alpha value is -1.95. The van der Waals surface area contributed by atoms with Gasteiger partial charge in [0.1, 0.15) is 11.6 Å². The highest BCUT2D eigenvalue weighted by Crippen LogP contribution is 2.36. The Bertz CT molecular complexity index is 664. The number of hydrogen-bond acceptors (Lipinski definition) is 1. The van der Waals surface area contributed by atoms with Crippen LogP contribution in [0.4, 0.5) is 22.0 Å². The Morgan fingerprint density at radius 2 is 1.57 bits per heavy atom. The number of benzene rings is 2. The molecular formula is C15H12F5N. The van der Waals surface area contributed by atoms with Crippen molar-refractivity contribution in [3.63, 3.8) is 0 Å². The lowest BCUT2D eigenvalue weighted by molar-refractivity contribution is -0.138. The molecule has 6 heteroatoms. The van der Waals surface area contributed by atoms with Gasteiger partial charge in [-0.05, 0) is 30.2 Å². The van der Waals surface area contributed by atoms with E-state index >= 15 is 0 Å². The predicted octanol–water partition coefficient (Wildman–Crippen LogP) is 4.34. The first-order valence-corrected chi connectivity index (χ1v) is 6.09. The van der Waals surface area contributed by atoms with Crippen molar-refractivity contribution in [1.82, 2.24) is 0 Å². The molecule has 0 radical (unpaired) electrons. The molecule has 1 unspecified atom stereocenters. The Morgan fingerprint density at radius 1 is 0.952 bits per heavy atom. The van der Waals surface area contributed by atoms with E-state index in [2.05, 4.69) is 0 Å². The quantitative estimate of drug-likeness (QED) is 0.820. The smallest absolute Gasteiger partial charge is 0.320 e. The molecule has 0 aliphatic rings. The number of rotatable bonds is 2. The summed E-state index contributed by atoms with van der Waals surface area (Å²) in [5.41, 5.74) is 4.53. The van der Waals surface area contributed by atoms with Crippen molar-refractivity contribution in [2.45, 2.75) is 19.1 Å². The maximum Gasteiger partial charge on any atom is 0.416 e. The van der Waals surface area contributed by atoms with E-state index in [4.69, 9.17) is 5.73 Å². The normalized spacial score (nSPS) is 13.3. The first-order chi connectivity index (χ1) is 9.71. The molecule has 1 atom stereocenters. The van der Waals surface area contributed by atoms with E-state index in [0.717, 1.165) is 12.1 Å². The van der Waals surface area contributed by atoms with Gasteiger partial charge in [-0.3, -0.25) is 0 Å². The van der Waals surface area contributed by atoms with E-state index in [9.17, 15) is 22.0 Å². The van der Waals surface area contributed by atoms with Gasteiger partial charge in [0.05, 0.1) is 11.6 Å². The average Bonchev–Trinajstić information content (AvgIpc) is 2.41. The summed E-state index contributed by atoms with van der Waals surface area (Å²) in [5, 5.41) is 0. The lowest BCUT2D eigenvalue weighted by atomic mass is 9.93.